The van der Waals surface area contributed by atoms with Crippen molar-refractivity contribution in [1.29, 1.82) is 0 Å². The van der Waals surface area contributed by atoms with E-state index in [9.17, 15) is 4.79 Å². The highest BCUT2D eigenvalue weighted by Gasteiger charge is 2.10. The SMILES string of the molecule is Cn1ccnc1-c1csc(NC(=O)CCCc2cccs2)n1. The molecule has 0 unspecified atom stereocenters. The summed E-state index contributed by atoms with van der Waals surface area (Å²) < 4.78 is 1.90. The van der Waals surface area contributed by atoms with Crippen LogP contribution in [0, 0.1) is 0 Å². The number of hydrogen-bond donors (Lipinski definition) is 1. The Hall–Kier alpha value is -1.99. The second-order valence-electron chi connectivity index (χ2n) is 4.88. The number of imidazole rings is 1. The maximum Gasteiger partial charge on any atom is 0.226 e. The van der Waals surface area contributed by atoms with E-state index in [4.69, 9.17) is 0 Å². The van der Waals surface area contributed by atoms with Crippen LogP contribution in [0.25, 0.3) is 11.5 Å². The van der Waals surface area contributed by atoms with E-state index in [0.717, 1.165) is 24.4 Å². The fourth-order valence-electron chi connectivity index (χ4n) is 2.11. The van der Waals surface area contributed by atoms with Crippen molar-refractivity contribution in [3.63, 3.8) is 0 Å². The zero-order chi connectivity index (χ0) is 15.4. The van der Waals surface area contributed by atoms with E-state index in [2.05, 4.69) is 26.7 Å². The van der Waals surface area contributed by atoms with Gasteiger partial charge in [-0.1, -0.05) is 6.07 Å². The number of amides is 1. The molecule has 3 aromatic rings. The van der Waals surface area contributed by atoms with E-state index < -0.39 is 0 Å². The summed E-state index contributed by atoms with van der Waals surface area (Å²) in [6.45, 7) is 0. The molecule has 0 aliphatic heterocycles. The van der Waals surface area contributed by atoms with Crippen LogP contribution in [0.15, 0.2) is 35.3 Å². The Morgan fingerprint density at radius 3 is 3.05 bits per heavy atom. The zero-order valence-corrected chi connectivity index (χ0v) is 13.8. The molecule has 1 N–H and O–H groups in total. The molecule has 5 nitrogen and oxygen atoms in total. The summed E-state index contributed by atoms with van der Waals surface area (Å²) in [7, 11) is 1.92. The van der Waals surface area contributed by atoms with Gasteiger partial charge in [0, 0.05) is 36.1 Å². The molecule has 0 aliphatic rings. The Morgan fingerprint density at radius 1 is 1.41 bits per heavy atom. The number of carbonyl (C=O) groups is 1. The molecule has 114 valence electrons. The molecule has 0 fully saturated rings. The molecule has 1 amide bonds. The van der Waals surface area contributed by atoms with Gasteiger partial charge in [0.1, 0.15) is 5.69 Å². The molecule has 3 rings (SSSR count). The Kier molecular flexibility index (Phi) is 4.65. The largest absolute Gasteiger partial charge is 0.333 e. The number of carbonyl (C=O) groups excluding carboxylic acids is 1. The standard InChI is InChI=1S/C15H16N4OS2/c1-19-8-7-16-14(19)12-10-22-15(17-12)18-13(20)6-2-4-11-5-3-9-21-11/h3,5,7-10H,2,4,6H2,1H3,(H,17,18,20). The number of anilines is 1. The third-order valence-electron chi connectivity index (χ3n) is 3.21. The van der Waals surface area contributed by atoms with E-state index in [1.54, 1.807) is 17.5 Å². The number of hydrogen-bond acceptors (Lipinski definition) is 5. The van der Waals surface area contributed by atoms with Gasteiger partial charge in [0.2, 0.25) is 5.91 Å². The number of aromatic nitrogens is 3. The average molecular weight is 332 g/mol. The van der Waals surface area contributed by atoms with Crippen LogP contribution in [-0.2, 0) is 18.3 Å². The number of aryl methyl sites for hydroxylation is 2. The van der Waals surface area contributed by atoms with Crippen LogP contribution >= 0.6 is 22.7 Å². The summed E-state index contributed by atoms with van der Waals surface area (Å²) in [6, 6.07) is 4.14. The van der Waals surface area contributed by atoms with Crippen molar-refractivity contribution in [3.8, 4) is 11.5 Å². The third kappa shape index (κ3) is 3.61. The highest BCUT2D eigenvalue weighted by molar-refractivity contribution is 7.14. The lowest BCUT2D eigenvalue weighted by atomic mass is 10.2. The molecule has 3 aromatic heterocycles. The lowest BCUT2D eigenvalue weighted by Crippen LogP contribution is -2.11. The molecule has 0 aromatic carbocycles. The summed E-state index contributed by atoms with van der Waals surface area (Å²) in [6.07, 6.45) is 5.91. The molecule has 0 bridgehead atoms. The minimum atomic E-state index is 0.0114. The molecular formula is C15H16N4OS2. The second-order valence-corrected chi connectivity index (χ2v) is 6.77. The van der Waals surface area contributed by atoms with Crippen molar-refractivity contribution in [1.82, 2.24) is 14.5 Å². The smallest absolute Gasteiger partial charge is 0.226 e. The first kappa shape index (κ1) is 14.9. The predicted molar refractivity (Wildman–Crippen MR) is 90.2 cm³/mol. The van der Waals surface area contributed by atoms with Crippen LogP contribution in [0.4, 0.5) is 5.13 Å². The zero-order valence-electron chi connectivity index (χ0n) is 12.2. The van der Waals surface area contributed by atoms with E-state index in [1.807, 2.05) is 29.3 Å². The van der Waals surface area contributed by atoms with Crippen molar-refractivity contribution in [2.24, 2.45) is 7.05 Å². The first-order valence-corrected chi connectivity index (χ1v) is 8.74. The Bertz CT molecular complexity index is 745. The number of nitrogens with one attached hydrogen (secondary N) is 1. The highest BCUT2D eigenvalue weighted by Crippen LogP contribution is 2.23. The number of thiazole rings is 1. The first-order valence-electron chi connectivity index (χ1n) is 6.98. The van der Waals surface area contributed by atoms with Crippen LogP contribution in [0.5, 0.6) is 0 Å². The van der Waals surface area contributed by atoms with Gasteiger partial charge < -0.3 is 9.88 Å². The van der Waals surface area contributed by atoms with Gasteiger partial charge in [0.15, 0.2) is 11.0 Å². The summed E-state index contributed by atoms with van der Waals surface area (Å²) in [5.74, 6) is 0.812. The number of thiophene rings is 1. The topological polar surface area (TPSA) is 59.8 Å². The van der Waals surface area contributed by atoms with Crippen molar-refractivity contribution >= 4 is 33.7 Å². The summed E-state index contributed by atoms with van der Waals surface area (Å²) >= 11 is 3.15. The van der Waals surface area contributed by atoms with Crippen LogP contribution in [-0.4, -0.2) is 20.4 Å². The lowest BCUT2D eigenvalue weighted by Gasteiger charge is -2.01. The summed E-state index contributed by atoms with van der Waals surface area (Å²) in [5, 5.41) is 7.45. The van der Waals surface area contributed by atoms with Crippen LogP contribution < -0.4 is 5.32 Å². The molecule has 0 saturated heterocycles. The van der Waals surface area contributed by atoms with Crippen LogP contribution in [0.1, 0.15) is 17.7 Å². The molecule has 0 spiro atoms. The van der Waals surface area contributed by atoms with Gasteiger partial charge in [0.05, 0.1) is 0 Å². The Morgan fingerprint density at radius 2 is 2.32 bits per heavy atom. The average Bonchev–Trinajstić information content (AvgIpc) is 3.20. The predicted octanol–water partition coefficient (Wildman–Crippen LogP) is 3.57. The van der Waals surface area contributed by atoms with Gasteiger partial charge >= 0.3 is 0 Å². The molecule has 22 heavy (non-hydrogen) atoms. The van der Waals surface area contributed by atoms with E-state index in [0.29, 0.717) is 11.6 Å². The van der Waals surface area contributed by atoms with Crippen molar-refractivity contribution < 1.29 is 4.79 Å². The van der Waals surface area contributed by atoms with E-state index in [-0.39, 0.29) is 5.91 Å². The van der Waals surface area contributed by atoms with Gasteiger partial charge in [-0.25, -0.2) is 9.97 Å². The van der Waals surface area contributed by atoms with Crippen LogP contribution in [0.2, 0.25) is 0 Å². The van der Waals surface area contributed by atoms with Crippen molar-refractivity contribution in [2.45, 2.75) is 19.3 Å². The minimum Gasteiger partial charge on any atom is -0.333 e. The van der Waals surface area contributed by atoms with Gasteiger partial charge in [-0.3, -0.25) is 4.79 Å². The fraction of sp³-hybridized carbons (Fsp3) is 0.267. The molecule has 7 heteroatoms. The van der Waals surface area contributed by atoms with E-state index in [1.165, 1.54) is 16.2 Å². The lowest BCUT2D eigenvalue weighted by molar-refractivity contribution is -0.116. The number of rotatable bonds is 6. The third-order valence-corrected chi connectivity index (χ3v) is 4.90. The molecular weight excluding hydrogens is 316 g/mol. The Labute approximate surface area is 136 Å². The molecule has 3 heterocycles. The van der Waals surface area contributed by atoms with Crippen molar-refractivity contribution in [3.05, 3.63) is 40.2 Å². The van der Waals surface area contributed by atoms with E-state index >= 15 is 0 Å². The minimum absolute atomic E-state index is 0.0114. The van der Waals surface area contributed by atoms with Crippen LogP contribution in [0.3, 0.4) is 0 Å². The van der Waals surface area contributed by atoms with Gasteiger partial charge in [0.25, 0.3) is 0 Å². The molecule has 0 radical (unpaired) electrons. The van der Waals surface area contributed by atoms with Crippen molar-refractivity contribution in [2.75, 3.05) is 5.32 Å². The maximum atomic E-state index is 11.9. The normalized spacial score (nSPS) is 10.8. The summed E-state index contributed by atoms with van der Waals surface area (Å²) in [4.78, 5) is 21.9. The Balaban J connectivity index is 1.51. The first-order chi connectivity index (χ1) is 10.7. The number of nitrogens with zero attached hydrogens (tertiary/aromatic N) is 3. The molecule has 0 aliphatic carbocycles. The summed E-state index contributed by atoms with van der Waals surface area (Å²) in [5.41, 5.74) is 0.784. The van der Waals surface area contributed by atoms with Gasteiger partial charge in [-0.2, -0.15) is 0 Å². The quantitative estimate of drug-likeness (QED) is 0.751. The van der Waals surface area contributed by atoms with Gasteiger partial charge in [-0.05, 0) is 24.3 Å². The van der Waals surface area contributed by atoms with Gasteiger partial charge in [-0.15, -0.1) is 22.7 Å². The molecule has 0 saturated carbocycles. The monoisotopic (exact) mass is 332 g/mol. The maximum absolute atomic E-state index is 11.9. The fourth-order valence-corrected chi connectivity index (χ4v) is 3.56. The highest BCUT2D eigenvalue weighted by atomic mass is 32.1. The molecule has 0 atom stereocenters. The second kappa shape index (κ2) is 6.85.